The fraction of sp³-hybridized carbons (Fsp3) is 0.154. The molecule has 0 aliphatic rings. The van der Waals surface area contributed by atoms with Gasteiger partial charge in [-0.1, -0.05) is 35.9 Å². The van der Waals surface area contributed by atoms with Crippen LogP contribution in [0.2, 0.25) is 0 Å². The van der Waals surface area contributed by atoms with Crippen LogP contribution >= 0.6 is 0 Å². The van der Waals surface area contributed by atoms with Crippen LogP contribution in [-0.4, -0.2) is 17.6 Å². The highest BCUT2D eigenvalue weighted by Crippen LogP contribution is 2.33. The lowest BCUT2D eigenvalue weighted by molar-refractivity contribution is -0.137. The van der Waals surface area contributed by atoms with Crippen LogP contribution in [0.5, 0.6) is 5.75 Å². The van der Waals surface area contributed by atoms with Gasteiger partial charge in [0.25, 0.3) is 0 Å². The molecule has 0 atom stereocenters. The predicted molar refractivity (Wildman–Crippen MR) is 127 cm³/mol. The van der Waals surface area contributed by atoms with Crippen molar-refractivity contribution < 1.29 is 22.7 Å². The normalized spacial score (nSPS) is 11.3. The number of hydrogen-bond donors (Lipinski definition) is 2. The van der Waals surface area contributed by atoms with E-state index in [1.54, 1.807) is 18.2 Å². The molecule has 8 heteroatoms. The summed E-state index contributed by atoms with van der Waals surface area (Å²) in [6, 6.07) is 18.8. The lowest BCUT2D eigenvalue weighted by atomic mass is 10.1. The molecule has 0 saturated heterocycles. The molecular formula is C26H22F3N3O2. The summed E-state index contributed by atoms with van der Waals surface area (Å²) < 4.78 is 44.6. The summed E-state index contributed by atoms with van der Waals surface area (Å²) in [5.74, 6) is 0.616. The van der Waals surface area contributed by atoms with Gasteiger partial charge in [0.15, 0.2) is 0 Å². The number of anilines is 2. The average Bonchev–Trinajstić information content (AvgIpc) is 2.79. The molecule has 0 bridgehead atoms. The summed E-state index contributed by atoms with van der Waals surface area (Å²) in [5.41, 5.74) is 3.19. The maximum Gasteiger partial charge on any atom is 0.416 e. The lowest BCUT2D eigenvalue weighted by Crippen LogP contribution is -2.19. The van der Waals surface area contributed by atoms with Crippen LogP contribution in [-0.2, 0) is 6.18 Å². The highest BCUT2D eigenvalue weighted by atomic mass is 19.4. The van der Waals surface area contributed by atoms with Crippen LogP contribution in [0.4, 0.5) is 29.3 Å². The topological polar surface area (TPSA) is 63.2 Å². The van der Waals surface area contributed by atoms with Gasteiger partial charge in [-0.25, -0.2) is 9.78 Å². The van der Waals surface area contributed by atoms with Crippen LogP contribution in [0.25, 0.3) is 22.2 Å². The Bertz CT molecular complexity index is 1340. The number of alkyl halides is 3. The largest absolute Gasteiger partial charge is 0.493 e. The quantitative estimate of drug-likeness (QED) is 0.326. The number of aromatic nitrogens is 1. The van der Waals surface area contributed by atoms with Gasteiger partial charge in [-0.3, -0.25) is 0 Å². The molecule has 0 spiro atoms. The number of rotatable bonds is 5. The first-order valence-corrected chi connectivity index (χ1v) is 10.6. The zero-order chi connectivity index (χ0) is 24.3. The van der Waals surface area contributed by atoms with E-state index in [1.807, 2.05) is 44.2 Å². The minimum absolute atomic E-state index is 0.0347. The second-order valence-corrected chi connectivity index (χ2v) is 7.69. The van der Waals surface area contributed by atoms with E-state index in [0.29, 0.717) is 28.9 Å². The monoisotopic (exact) mass is 465 g/mol. The van der Waals surface area contributed by atoms with Crippen LogP contribution in [0.1, 0.15) is 18.1 Å². The van der Waals surface area contributed by atoms with Gasteiger partial charge in [-0.15, -0.1) is 0 Å². The van der Waals surface area contributed by atoms with E-state index in [0.717, 1.165) is 29.0 Å². The van der Waals surface area contributed by atoms with Crippen LogP contribution in [0, 0.1) is 6.92 Å². The number of carbonyl (C=O) groups excluding carboxylic acids is 1. The molecule has 2 amide bonds. The number of nitrogens with zero attached hydrogens (tertiary/aromatic N) is 1. The zero-order valence-corrected chi connectivity index (χ0v) is 18.5. The van der Waals surface area contributed by atoms with Crippen molar-refractivity contribution in [1.82, 2.24) is 4.98 Å². The number of aryl methyl sites for hydroxylation is 1. The van der Waals surface area contributed by atoms with E-state index < -0.39 is 17.8 Å². The van der Waals surface area contributed by atoms with Crippen molar-refractivity contribution in [3.8, 4) is 17.0 Å². The summed E-state index contributed by atoms with van der Waals surface area (Å²) in [4.78, 5) is 17.1. The molecule has 2 N–H and O–H groups in total. The van der Waals surface area contributed by atoms with Gasteiger partial charge < -0.3 is 15.4 Å². The zero-order valence-electron chi connectivity index (χ0n) is 18.5. The standard InChI is InChI=1S/C26H22F3N3O2/c1-3-34-24-15-23(17-9-7-16(2)8-10-17)32-22-12-11-20(14-21(22)24)31-25(33)30-19-6-4-5-18(13-19)26(27,28)29/h4-15H,3H2,1-2H3,(H2,30,31,33). The molecule has 1 heterocycles. The Morgan fingerprint density at radius 2 is 1.65 bits per heavy atom. The van der Waals surface area contributed by atoms with Gasteiger partial charge in [0.2, 0.25) is 0 Å². The Labute approximate surface area is 194 Å². The third-order valence-corrected chi connectivity index (χ3v) is 5.12. The van der Waals surface area contributed by atoms with Crippen molar-refractivity contribution >= 4 is 28.3 Å². The third kappa shape index (κ3) is 5.28. The van der Waals surface area contributed by atoms with E-state index in [1.165, 1.54) is 12.1 Å². The van der Waals surface area contributed by atoms with Gasteiger partial charge in [0.05, 0.1) is 23.4 Å². The van der Waals surface area contributed by atoms with Crippen LogP contribution in [0.15, 0.2) is 72.8 Å². The summed E-state index contributed by atoms with van der Waals surface area (Å²) in [7, 11) is 0. The van der Waals surface area contributed by atoms with E-state index in [-0.39, 0.29) is 5.69 Å². The average molecular weight is 465 g/mol. The molecule has 34 heavy (non-hydrogen) atoms. The molecule has 4 rings (SSSR count). The van der Waals surface area contributed by atoms with E-state index in [9.17, 15) is 18.0 Å². The SMILES string of the molecule is CCOc1cc(-c2ccc(C)cc2)nc2ccc(NC(=O)Nc3cccc(C(F)(F)F)c3)cc12. The van der Waals surface area contributed by atoms with E-state index >= 15 is 0 Å². The number of hydrogen-bond acceptors (Lipinski definition) is 3. The molecule has 4 aromatic rings. The summed E-state index contributed by atoms with van der Waals surface area (Å²) in [5, 5.41) is 5.78. The number of nitrogens with one attached hydrogen (secondary N) is 2. The molecule has 0 radical (unpaired) electrons. The second kappa shape index (κ2) is 9.43. The summed E-state index contributed by atoms with van der Waals surface area (Å²) >= 11 is 0. The van der Waals surface area contributed by atoms with Gasteiger partial charge in [0, 0.05) is 28.4 Å². The number of ether oxygens (including phenoxy) is 1. The van der Waals surface area contributed by atoms with Gasteiger partial charge in [-0.2, -0.15) is 13.2 Å². The first-order valence-electron chi connectivity index (χ1n) is 10.6. The Morgan fingerprint density at radius 3 is 2.32 bits per heavy atom. The maximum absolute atomic E-state index is 12.9. The maximum atomic E-state index is 12.9. The van der Waals surface area contributed by atoms with E-state index in [4.69, 9.17) is 9.72 Å². The van der Waals surface area contributed by atoms with Crippen molar-refractivity contribution in [2.75, 3.05) is 17.2 Å². The fourth-order valence-electron chi connectivity index (χ4n) is 3.49. The molecule has 3 aromatic carbocycles. The number of fused-ring (bicyclic) bond motifs is 1. The van der Waals surface area contributed by atoms with Crippen molar-refractivity contribution in [2.24, 2.45) is 0 Å². The molecule has 5 nitrogen and oxygen atoms in total. The Kier molecular flexibility index (Phi) is 6.40. The van der Waals surface area contributed by atoms with Gasteiger partial charge in [0.1, 0.15) is 5.75 Å². The molecule has 174 valence electrons. The molecule has 0 aliphatic heterocycles. The van der Waals surface area contributed by atoms with Crippen molar-refractivity contribution in [3.05, 3.63) is 83.9 Å². The first-order chi connectivity index (χ1) is 16.2. The molecule has 0 aliphatic carbocycles. The molecule has 1 aromatic heterocycles. The summed E-state index contributed by atoms with van der Waals surface area (Å²) in [6.07, 6.45) is -4.49. The Morgan fingerprint density at radius 1 is 0.941 bits per heavy atom. The molecule has 0 saturated carbocycles. The Balaban J connectivity index is 1.59. The Hall–Kier alpha value is -4.07. The van der Waals surface area contributed by atoms with Gasteiger partial charge >= 0.3 is 12.2 Å². The second-order valence-electron chi connectivity index (χ2n) is 7.69. The minimum Gasteiger partial charge on any atom is -0.493 e. The highest BCUT2D eigenvalue weighted by molar-refractivity contribution is 6.01. The predicted octanol–water partition coefficient (Wildman–Crippen LogP) is 7.27. The van der Waals surface area contributed by atoms with Crippen molar-refractivity contribution in [1.29, 1.82) is 0 Å². The van der Waals surface area contributed by atoms with E-state index in [2.05, 4.69) is 10.6 Å². The smallest absolute Gasteiger partial charge is 0.416 e. The number of carbonyl (C=O) groups is 1. The number of halogens is 3. The van der Waals surface area contributed by atoms with Crippen molar-refractivity contribution in [2.45, 2.75) is 20.0 Å². The van der Waals surface area contributed by atoms with Crippen LogP contribution < -0.4 is 15.4 Å². The number of urea groups is 1. The fourth-order valence-corrected chi connectivity index (χ4v) is 3.49. The van der Waals surface area contributed by atoms with Gasteiger partial charge in [-0.05, 0) is 50.2 Å². The highest BCUT2D eigenvalue weighted by Gasteiger charge is 2.30. The number of amides is 2. The van der Waals surface area contributed by atoms with Crippen LogP contribution in [0.3, 0.4) is 0 Å². The lowest BCUT2D eigenvalue weighted by Gasteiger charge is -2.13. The minimum atomic E-state index is -4.49. The number of benzene rings is 3. The third-order valence-electron chi connectivity index (χ3n) is 5.12. The van der Waals surface area contributed by atoms with Crippen molar-refractivity contribution in [3.63, 3.8) is 0 Å². The first kappa shape index (κ1) is 23.1. The number of pyridine rings is 1. The molecular weight excluding hydrogens is 443 g/mol. The summed E-state index contributed by atoms with van der Waals surface area (Å²) in [6.45, 7) is 4.34. The molecule has 0 fully saturated rings. The molecule has 0 unspecified atom stereocenters.